The fourth-order valence-electron chi connectivity index (χ4n) is 3.11. The van der Waals surface area contributed by atoms with Gasteiger partial charge in [0, 0.05) is 13.0 Å². The van der Waals surface area contributed by atoms with Gasteiger partial charge in [-0.1, -0.05) is 36.0 Å². The number of esters is 3. The van der Waals surface area contributed by atoms with Gasteiger partial charge in [-0.25, -0.2) is 0 Å². The van der Waals surface area contributed by atoms with Gasteiger partial charge >= 0.3 is 17.9 Å². The maximum atomic E-state index is 12.4. The third kappa shape index (κ3) is 13.5. The summed E-state index contributed by atoms with van der Waals surface area (Å²) < 4.78 is 25.8. The van der Waals surface area contributed by atoms with Crippen LogP contribution in [0, 0.1) is 11.8 Å². The van der Waals surface area contributed by atoms with Crippen LogP contribution >= 0.6 is 11.6 Å². The second kappa shape index (κ2) is 20.2. The third-order valence-electron chi connectivity index (χ3n) is 4.84. The van der Waals surface area contributed by atoms with Gasteiger partial charge in [0.2, 0.25) is 0 Å². The van der Waals surface area contributed by atoms with E-state index in [2.05, 4.69) is 0 Å². The summed E-state index contributed by atoms with van der Waals surface area (Å²) in [7, 11) is 2.84. The SMILES string of the molecule is CCOC(=O)C(CC/C=C(/C)CC[C@H](OCOC)[C@H](/C=C/C=C/CCl)C(=O)OC)C(=O)OCC. The predicted octanol–water partition coefficient (Wildman–Crippen LogP) is 4.37. The van der Waals surface area contributed by atoms with Crippen LogP contribution in [0.5, 0.6) is 0 Å². The Morgan fingerprint density at radius 2 is 1.59 bits per heavy atom. The molecule has 2 atom stereocenters. The predicted molar refractivity (Wildman–Crippen MR) is 130 cm³/mol. The average molecular weight is 503 g/mol. The Kier molecular flexibility index (Phi) is 18.9. The largest absolute Gasteiger partial charge is 0.468 e. The van der Waals surface area contributed by atoms with E-state index in [9.17, 15) is 14.4 Å². The number of hydrogen-bond acceptors (Lipinski definition) is 8. The van der Waals surface area contributed by atoms with E-state index in [0.29, 0.717) is 31.6 Å². The van der Waals surface area contributed by atoms with Crippen LogP contribution in [0.15, 0.2) is 36.0 Å². The lowest BCUT2D eigenvalue weighted by Crippen LogP contribution is -2.31. The molecule has 0 N–H and O–H groups in total. The number of carbonyl (C=O) groups excluding carboxylic acids is 3. The van der Waals surface area contributed by atoms with Crippen LogP contribution < -0.4 is 0 Å². The number of methoxy groups -OCH3 is 2. The molecule has 0 bridgehead atoms. The lowest BCUT2D eigenvalue weighted by Gasteiger charge is -2.23. The molecule has 0 fully saturated rings. The van der Waals surface area contributed by atoms with Crippen molar-refractivity contribution in [3.8, 4) is 0 Å². The van der Waals surface area contributed by atoms with Crippen LogP contribution in [0.1, 0.15) is 46.5 Å². The van der Waals surface area contributed by atoms with E-state index >= 15 is 0 Å². The number of halogens is 1. The van der Waals surface area contributed by atoms with Gasteiger partial charge in [0.1, 0.15) is 12.7 Å². The molecule has 0 aliphatic carbocycles. The van der Waals surface area contributed by atoms with Crippen LogP contribution in [0.25, 0.3) is 0 Å². The first-order chi connectivity index (χ1) is 16.4. The zero-order chi connectivity index (χ0) is 25.8. The van der Waals surface area contributed by atoms with Gasteiger partial charge in [0.15, 0.2) is 5.92 Å². The zero-order valence-corrected chi connectivity index (χ0v) is 21.7. The van der Waals surface area contributed by atoms with Gasteiger partial charge < -0.3 is 23.7 Å². The number of ether oxygens (including phenoxy) is 5. The molecule has 0 aliphatic heterocycles. The molecule has 0 unspecified atom stereocenters. The highest BCUT2D eigenvalue weighted by Gasteiger charge is 2.29. The Bertz CT molecular complexity index is 668. The minimum atomic E-state index is -0.948. The van der Waals surface area contributed by atoms with Gasteiger partial charge in [0.05, 0.1) is 26.4 Å². The smallest absolute Gasteiger partial charge is 0.320 e. The molecule has 194 valence electrons. The maximum absolute atomic E-state index is 12.4. The molecule has 0 spiro atoms. The van der Waals surface area contributed by atoms with Crippen molar-refractivity contribution in [2.45, 2.75) is 52.6 Å². The highest BCUT2D eigenvalue weighted by Crippen LogP contribution is 2.21. The van der Waals surface area contributed by atoms with E-state index in [0.717, 1.165) is 5.57 Å². The summed E-state index contributed by atoms with van der Waals surface area (Å²) in [6.45, 7) is 5.76. The summed E-state index contributed by atoms with van der Waals surface area (Å²) in [5.74, 6) is -2.76. The molecule has 0 heterocycles. The van der Waals surface area contributed by atoms with Crippen molar-refractivity contribution >= 4 is 29.5 Å². The normalized spacial score (nSPS) is 13.9. The molecule has 0 rings (SSSR count). The Morgan fingerprint density at radius 1 is 0.941 bits per heavy atom. The fraction of sp³-hybridized carbons (Fsp3) is 0.640. The summed E-state index contributed by atoms with van der Waals surface area (Å²) in [5.41, 5.74) is 1.03. The first-order valence-electron chi connectivity index (χ1n) is 11.4. The highest BCUT2D eigenvalue weighted by molar-refractivity contribution is 6.18. The maximum Gasteiger partial charge on any atom is 0.320 e. The lowest BCUT2D eigenvalue weighted by molar-refractivity contribution is -0.162. The van der Waals surface area contributed by atoms with Gasteiger partial charge in [-0.15, -0.1) is 11.6 Å². The van der Waals surface area contributed by atoms with Crippen LogP contribution in [-0.4, -0.2) is 64.1 Å². The lowest BCUT2D eigenvalue weighted by atomic mass is 9.95. The number of rotatable bonds is 18. The second-order valence-electron chi connectivity index (χ2n) is 7.35. The zero-order valence-electron chi connectivity index (χ0n) is 20.9. The first kappa shape index (κ1) is 31.8. The summed E-state index contributed by atoms with van der Waals surface area (Å²) >= 11 is 5.64. The molecule has 0 aliphatic rings. The fourth-order valence-corrected chi connectivity index (χ4v) is 3.22. The molecular weight excluding hydrogens is 464 g/mol. The van der Waals surface area contributed by atoms with Crippen molar-refractivity contribution in [1.29, 1.82) is 0 Å². The summed E-state index contributed by atoms with van der Waals surface area (Å²) in [6.07, 6.45) is 10.4. The first-order valence-corrected chi connectivity index (χ1v) is 12.0. The summed E-state index contributed by atoms with van der Waals surface area (Å²) in [5, 5.41) is 0. The molecule has 0 aromatic carbocycles. The molecule has 0 saturated carbocycles. The van der Waals surface area contributed by atoms with Crippen molar-refractivity contribution in [3.63, 3.8) is 0 Å². The van der Waals surface area contributed by atoms with Crippen LogP contribution in [0.2, 0.25) is 0 Å². The minimum absolute atomic E-state index is 0.0348. The monoisotopic (exact) mass is 502 g/mol. The average Bonchev–Trinajstić information content (AvgIpc) is 2.82. The van der Waals surface area contributed by atoms with E-state index in [-0.39, 0.29) is 20.0 Å². The second-order valence-corrected chi connectivity index (χ2v) is 7.66. The van der Waals surface area contributed by atoms with Crippen LogP contribution in [0.4, 0.5) is 0 Å². The molecule has 0 saturated heterocycles. The number of carbonyl (C=O) groups is 3. The van der Waals surface area contributed by atoms with Crippen molar-refractivity contribution in [3.05, 3.63) is 36.0 Å². The topological polar surface area (TPSA) is 97.4 Å². The summed E-state index contributed by atoms with van der Waals surface area (Å²) in [4.78, 5) is 36.6. The van der Waals surface area contributed by atoms with Crippen molar-refractivity contribution < 1.29 is 38.1 Å². The number of alkyl halides is 1. The van der Waals surface area contributed by atoms with Gasteiger partial charge in [-0.05, 0) is 46.5 Å². The van der Waals surface area contributed by atoms with E-state index in [1.807, 2.05) is 13.0 Å². The molecule has 9 heteroatoms. The van der Waals surface area contributed by atoms with Crippen molar-refractivity contribution in [2.75, 3.05) is 40.1 Å². The Balaban J connectivity index is 5.20. The van der Waals surface area contributed by atoms with Crippen LogP contribution in [0.3, 0.4) is 0 Å². The molecule has 0 aromatic rings. The molecule has 34 heavy (non-hydrogen) atoms. The van der Waals surface area contributed by atoms with Crippen molar-refractivity contribution in [2.24, 2.45) is 11.8 Å². The Labute approximate surface area is 208 Å². The molecule has 0 radical (unpaired) electrons. The van der Waals surface area contributed by atoms with Crippen LogP contribution in [-0.2, 0) is 38.1 Å². The van der Waals surface area contributed by atoms with E-state index in [1.54, 1.807) is 38.2 Å². The van der Waals surface area contributed by atoms with E-state index < -0.39 is 35.8 Å². The molecule has 0 amide bonds. The highest BCUT2D eigenvalue weighted by atomic mass is 35.5. The van der Waals surface area contributed by atoms with Crippen molar-refractivity contribution in [1.82, 2.24) is 0 Å². The quantitative estimate of drug-likeness (QED) is 0.0518. The van der Waals surface area contributed by atoms with E-state index in [1.165, 1.54) is 14.2 Å². The molecule has 8 nitrogen and oxygen atoms in total. The Hall–Kier alpha value is -2.16. The third-order valence-corrected chi connectivity index (χ3v) is 5.02. The number of allylic oxidation sites excluding steroid dienone is 5. The minimum Gasteiger partial charge on any atom is -0.468 e. The summed E-state index contributed by atoms with van der Waals surface area (Å²) in [6, 6.07) is 0. The molecular formula is C25H39ClO8. The van der Waals surface area contributed by atoms with Gasteiger partial charge in [-0.2, -0.15) is 0 Å². The standard InChI is InChI=1S/C25H39ClO8/c1-6-32-24(28)21(25(29)33-7-2)14-11-12-19(3)15-16-22(34-18-30-4)20(23(27)31-5)13-9-8-10-17-26/h8-10,12-13,20-22H,6-7,11,14-18H2,1-5H3/b10-8+,13-9+,19-12-/t20-,22-/m0/s1. The van der Waals surface area contributed by atoms with Gasteiger partial charge in [0.25, 0.3) is 0 Å². The molecule has 0 aromatic heterocycles. The Morgan fingerprint density at radius 3 is 2.12 bits per heavy atom. The number of hydrogen-bond donors (Lipinski definition) is 0. The van der Waals surface area contributed by atoms with Gasteiger partial charge in [-0.3, -0.25) is 14.4 Å². The van der Waals surface area contributed by atoms with E-state index in [4.69, 9.17) is 35.3 Å².